The van der Waals surface area contributed by atoms with E-state index in [0.29, 0.717) is 31.0 Å². The van der Waals surface area contributed by atoms with Gasteiger partial charge in [-0.1, -0.05) is 42.5 Å². The van der Waals surface area contributed by atoms with E-state index in [9.17, 15) is 14.7 Å². The monoisotopic (exact) mass is 501 g/mol. The Kier molecular flexibility index (Phi) is 12.1. The molecule has 0 radical (unpaired) electrons. The Balaban J connectivity index is 0.00000342. The summed E-state index contributed by atoms with van der Waals surface area (Å²) in [5, 5.41) is 12.2. The SMILES string of the molecule is COc1ccc(COCc2ccc(C(=O)N[C@@H](CCSC)C(=O)O)c(-c3ccccc3C)c2)cc1.[H-].[Li+]. The molecule has 1 atom stereocenters. The van der Waals surface area contributed by atoms with Crippen LogP contribution in [0.15, 0.2) is 66.7 Å². The van der Waals surface area contributed by atoms with Crippen molar-refractivity contribution in [1.29, 1.82) is 0 Å². The Hall–Kier alpha value is -2.69. The number of carboxylic acids is 1. The summed E-state index contributed by atoms with van der Waals surface area (Å²) in [6.45, 7) is 2.81. The minimum atomic E-state index is -1.03. The number of amides is 1. The maximum Gasteiger partial charge on any atom is 1.00 e. The molecule has 0 saturated carbocycles. The molecule has 0 saturated heterocycles. The number of hydrogen-bond donors (Lipinski definition) is 2. The van der Waals surface area contributed by atoms with E-state index < -0.39 is 17.9 Å². The molecule has 2 N–H and O–H groups in total. The summed E-state index contributed by atoms with van der Waals surface area (Å²) in [5.74, 6) is 0.00625. The van der Waals surface area contributed by atoms with Crippen LogP contribution in [-0.2, 0) is 22.7 Å². The fourth-order valence-corrected chi connectivity index (χ4v) is 4.19. The van der Waals surface area contributed by atoms with Gasteiger partial charge in [-0.25, -0.2) is 4.79 Å². The van der Waals surface area contributed by atoms with E-state index in [1.807, 2.05) is 73.8 Å². The second-order valence-corrected chi connectivity index (χ2v) is 9.17. The van der Waals surface area contributed by atoms with E-state index in [2.05, 4.69) is 5.32 Å². The van der Waals surface area contributed by atoms with Crippen molar-refractivity contribution in [2.75, 3.05) is 19.1 Å². The molecule has 3 aromatic rings. The van der Waals surface area contributed by atoms with E-state index in [1.165, 1.54) is 0 Å². The normalized spacial score (nSPS) is 11.3. The summed E-state index contributed by atoms with van der Waals surface area (Å²) >= 11 is 1.55. The molecule has 0 bridgehead atoms. The van der Waals surface area contributed by atoms with Gasteiger partial charge in [0.25, 0.3) is 5.91 Å². The number of hydrogen-bond acceptors (Lipinski definition) is 5. The summed E-state index contributed by atoms with van der Waals surface area (Å²) in [6, 6.07) is 20.1. The number of ether oxygens (including phenoxy) is 2. The van der Waals surface area contributed by atoms with Crippen molar-refractivity contribution in [2.45, 2.75) is 32.6 Å². The Bertz CT molecular complexity index is 1160. The minimum Gasteiger partial charge on any atom is -1.00 e. The third-order valence-corrected chi connectivity index (χ3v) is 6.32. The molecule has 8 heteroatoms. The number of aryl methyl sites for hydroxylation is 1. The summed E-state index contributed by atoms with van der Waals surface area (Å²) in [5.41, 5.74) is 5.09. The zero-order valence-electron chi connectivity index (χ0n) is 22.2. The van der Waals surface area contributed by atoms with Crippen LogP contribution in [-0.4, -0.2) is 42.1 Å². The number of rotatable bonds is 12. The van der Waals surface area contributed by atoms with Crippen LogP contribution in [0.3, 0.4) is 0 Å². The van der Waals surface area contributed by atoms with E-state index in [-0.39, 0.29) is 20.3 Å². The van der Waals surface area contributed by atoms with Gasteiger partial charge in [0.2, 0.25) is 0 Å². The average Bonchev–Trinajstić information content (AvgIpc) is 2.87. The Labute approximate surface area is 230 Å². The van der Waals surface area contributed by atoms with Gasteiger partial charge in [0.15, 0.2) is 0 Å². The van der Waals surface area contributed by atoms with Crippen LogP contribution in [0.5, 0.6) is 5.75 Å². The zero-order valence-corrected chi connectivity index (χ0v) is 22.1. The molecule has 36 heavy (non-hydrogen) atoms. The number of benzene rings is 3. The Morgan fingerprint density at radius 2 is 1.67 bits per heavy atom. The van der Waals surface area contributed by atoms with E-state index in [1.54, 1.807) is 24.9 Å². The molecular weight excluding hydrogens is 469 g/mol. The quantitative estimate of drug-likeness (QED) is 0.371. The van der Waals surface area contributed by atoms with Crippen LogP contribution in [0.2, 0.25) is 0 Å². The van der Waals surface area contributed by atoms with Crippen LogP contribution in [0.25, 0.3) is 11.1 Å². The second-order valence-electron chi connectivity index (χ2n) is 8.18. The van der Waals surface area contributed by atoms with Crippen molar-refractivity contribution < 1.29 is 44.5 Å². The standard InChI is InChI=1S/C28H31NO5S.Li.H/c1-19-6-4-5-7-23(19)25-16-21(18-34-17-20-8-11-22(33-2)12-9-20)10-13-24(25)27(30)29-26(28(31)32)14-15-35-3;;/h4-13,16,26H,14-15,17-18H2,1-3H3,(H,29,30)(H,31,32);;/q;+1;-1/t26-;;/m0../s1. The summed E-state index contributed by atoms with van der Waals surface area (Å²) in [6.07, 6.45) is 2.27. The van der Waals surface area contributed by atoms with Gasteiger partial charge in [0.1, 0.15) is 11.8 Å². The molecule has 0 aliphatic heterocycles. The molecular formula is C28H32LiNO5S. The Morgan fingerprint density at radius 1 is 1.00 bits per heavy atom. The third kappa shape index (κ3) is 8.18. The first-order chi connectivity index (χ1) is 16.9. The van der Waals surface area contributed by atoms with Crippen molar-refractivity contribution in [3.05, 3.63) is 89.0 Å². The molecule has 0 aliphatic carbocycles. The number of carbonyl (C=O) groups is 2. The molecule has 3 aromatic carbocycles. The maximum absolute atomic E-state index is 13.2. The number of carboxylic acid groups (broad SMARTS) is 1. The number of carbonyl (C=O) groups excluding carboxylic acids is 1. The first-order valence-electron chi connectivity index (χ1n) is 11.3. The van der Waals surface area contributed by atoms with Crippen LogP contribution in [0.1, 0.15) is 34.9 Å². The molecule has 186 valence electrons. The van der Waals surface area contributed by atoms with Gasteiger partial charge in [0, 0.05) is 5.56 Å². The van der Waals surface area contributed by atoms with Gasteiger partial charge in [-0.2, -0.15) is 11.8 Å². The fraction of sp³-hybridized carbons (Fsp3) is 0.286. The van der Waals surface area contributed by atoms with Crippen molar-refractivity contribution in [2.24, 2.45) is 0 Å². The van der Waals surface area contributed by atoms with Crippen LogP contribution in [0, 0.1) is 6.92 Å². The molecule has 0 unspecified atom stereocenters. The number of aliphatic carboxylic acids is 1. The largest absolute Gasteiger partial charge is 1.00 e. The minimum absolute atomic E-state index is 0. The first kappa shape index (κ1) is 29.5. The number of thioether (sulfide) groups is 1. The first-order valence-corrected chi connectivity index (χ1v) is 12.7. The predicted molar refractivity (Wildman–Crippen MR) is 141 cm³/mol. The van der Waals surface area contributed by atoms with E-state index in [4.69, 9.17) is 9.47 Å². The van der Waals surface area contributed by atoms with Crippen molar-refractivity contribution >= 4 is 23.6 Å². The van der Waals surface area contributed by atoms with Crippen molar-refractivity contribution in [3.63, 3.8) is 0 Å². The van der Waals surface area contributed by atoms with Crippen LogP contribution < -0.4 is 28.9 Å². The maximum atomic E-state index is 13.2. The van der Waals surface area contributed by atoms with Crippen molar-refractivity contribution in [3.8, 4) is 16.9 Å². The molecule has 3 rings (SSSR count). The predicted octanol–water partition coefficient (Wildman–Crippen LogP) is 2.44. The van der Waals surface area contributed by atoms with E-state index in [0.717, 1.165) is 33.6 Å². The third-order valence-electron chi connectivity index (χ3n) is 5.67. The summed E-state index contributed by atoms with van der Waals surface area (Å²) in [4.78, 5) is 24.8. The van der Waals surface area contributed by atoms with Gasteiger partial charge in [-0.05, 0) is 77.4 Å². The molecule has 0 spiro atoms. The van der Waals surface area contributed by atoms with Crippen LogP contribution >= 0.6 is 11.8 Å². The van der Waals surface area contributed by atoms with Gasteiger partial charge in [0.05, 0.1) is 20.3 Å². The molecule has 1 amide bonds. The number of methoxy groups -OCH3 is 1. The average molecular weight is 502 g/mol. The van der Waals surface area contributed by atoms with Gasteiger partial charge in [-0.15, -0.1) is 0 Å². The summed E-state index contributed by atoms with van der Waals surface area (Å²) < 4.78 is 11.1. The number of nitrogens with one attached hydrogen (secondary N) is 1. The van der Waals surface area contributed by atoms with Gasteiger partial charge < -0.3 is 21.3 Å². The molecule has 0 fully saturated rings. The second kappa shape index (κ2) is 14.8. The topological polar surface area (TPSA) is 84.9 Å². The zero-order chi connectivity index (χ0) is 25.2. The molecule has 0 aliphatic rings. The fourth-order valence-electron chi connectivity index (χ4n) is 3.71. The van der Waals surface area contributed by atoms with Crippen LogP contribution in [0.4, 0.5) is 0 Å². The van der Waals surface area contributed by atoms with Crippen molar-refractivity contribution in [1.82, 2.24) is 5.32 Å². The Morgan fingerprint density at radius 3 is 2.31 bits per heavy atom. The van der Waals surface area contributed by atoms with Gasteiger partial charge >= 0.3 is 24.8 Å². The molecule has 6 nitrogen and oxygen atoms in total. The van der Waals surface area contributed by atoms with Gasteiger partial charge in [-0.3, -0.25) is 4.79 Å². The molecule has 0 aromatic heterocycles. The van der Waals surface area contributed by atoms with E-state index >= 15 is 0 Å². The molecule has 0 heterocycles. The summed E-state index contributed by atoms with van der Waals surface area (Å²) in [7, 11) is 1.63. The smallest absolute Gasteiger partial charge is 1.00 e.